The van der Waals surface area contributed by atoms with Crippen LogP contribution in [-0.2, 0) is 11.0 Å². The van der Waals surface area contributed by atoms with Gasteiger partial charge in [-0.05, 0) is 38.2 Å². The van der Waals surface area contributed by atoms with Crippen molar-refractivity contribution in [2.45, 2.75) is 63.6 Å². The zero-order valence-corrected chi connectivity index (χ0v) is 16.5. The number of rotatable bonds is 2. The summed E-state index contributed by atoms with van der Waals surface area (Å²) >= 11 is 6.15. The summed E-state index contributed by atoms with van der Waals surface area (Å²) in [4.78, 5) is 21.3. The number of carbonyl (C=O) groups is 1. The molecule has 3 fully saturated rings. The average molecular weight is 416 g/mol. The number of halogens is 4. The Morgan fingerprint density at radius 1 is 1.11 bits per heavy atom. The third-order valence-electron chi connectivity index (χ3n) is 6.59. The number of hydrogen-bond acceptors (Lipinski definition) is 3. The van der Waals surface area contributed by atoms with Crippen LogP contribution in [0.25, 0.3) is 0 Å². The number of amides is 1. The van der Waals surface area contributed by atoms with E-state index in [1.165, 1.54) is 19.3 Å². The average Bonchev–Trinajstić information content (AvgIpc) is 2.97. The van der Waals surface area contributed by atoms with E-state index in [1.54, 1.807) is 0 Å². The topological polar surface area (TPSA) is 36.4 Å². The van der Waals surface area contributed by atoms with Crippen LogP contribution in [-0.4, -0.2) is 41.5 Å². The van der Waals surface area contributed by atoms with Crippen molar-refractivity contribution >= 4 is 23.3 Å². The first-order chi connectivity index (χ1) is 13.3. The van der Waals surface area contributed by atoms with E-state index < -0.39 is 17.2 Å². The molecule has 1 aromatic rings. The molecule has 154 valence electrons. The molecule has 4 rings (SSSR count). The molecular weight excluding hydrogens is 391 g/mol. The highest BCUT2D eigenvalue weighted by Gasteiger charge is 2.50. The predicted molar refractivity (Wildman–Crippen MR) is 101 cm³/mol. The van der Waals surface area contributed by atoms with Crippen molar-refractivity contribution in [3.8, 4) is 0 Å². The number of carbonyl (C=O) groups excluding carboxylic acids is 1. The summed E-state index contributed by atoms with van der Waals surface area (Å²) < 4.78 is 38.7. The Balaban J connectivity index is 1.52. The number of alkyl halides is 3. The summed E-state index contributed by atoms with van der Waals surface area (Å²) in [5.41, 5.74) is -1.31. The molecule has 1 spiro atoms. The minimum absolute atomic E-state index is 0.0125. The van der Waals surface area contributed by atoms with E-state index in [0.29, 0.717) is 24.9 Å². The van der Waals surface area contributed by atoms with E-state index in [1.807, 2.05) is 4.90 Å². The molecule has 4 nitrogen and oxygen atoms in total. The van der Waals surface area contributed by atoms with Gasteiger partial charge in [-0.15, -0.1) is 0 Å². The molecule has 1 amide bonds. The lowest BCUT2D eigenvalue weighted by Crippen LogP contribution is -2.50. The van der Waals surface area contributed by atoms with Gasteiger partial charge in [-0.25, -0.2) is 4.98 Å². The standard InChI is InChI=1S/C20H25ClF3N3O/c21-16-11-14(20(22,23)24)12-25-17(16)26-9-4-7-19(13-26)8-10-27(18(19)28)15-5-2-1-3-6-15/h11-12,15H,1-10,13H2. The monoisotopic (exact) mass is 415 g/mol. The summed E-state index contributed by atoms with van der Waals surface area (Å²) in [7, 11) is 0. The van der Waals surface area contributed by atoms with Crippen LogP contribution in [0.3, 0.4) is 0 Å². The third kappa shape index (κ3) is 3.58. The molecule has 0 N–H and O–H groups in total. The minimum atomic E-state index is -4.47. The molecule has 8 heteroatoms. The number of piperidine rings is 1. The Morgan fingerprint density at radius 3 is 2.54 bits per heavy atom. The van der Waals surface area contributed by atoms with Crippen molar-refractivity contribution in [1.82, 2.24) is 9.88 Å². The van der Waals surface area contributed by atoms with Crippen molar-refractivity contribution in [3.63, 3.8) is 0 Å². The zero-order chi connectivity index (χ0) is 19.9. The SMILES string of the molecule is O=C1N(C2CCCCC2)CCC12CCCN(c1ncc(C(F)(F)F)cc1Cl)C2. The summed E-state index contributed by atoms with van der Waals surface area (Å²) in [6.45, 7) is 1.91. The zero-order valence-electron chi connectivity index (χ0n) is 15.8. The van der Waals surface area contributed by atoms with Crippen LogP contribution in [0.4, 0.5) is 19.0 Å². The van der Waals surface area contributed by atoms with Gasteiger partial charge in [0, 0.05) is 31.9 Å². The van der Waals surface area contributed by atoms with Crippen LogP contribution in [0.5, 0.6) is 0 Å². The molecule has 1 atom stereocenters. The number of anilines is 1. The van der Waals surface area contributed by atoms with Crippen LogP contribution in [0, 0.1) is 5.41 Å². The fourth-order valence-electron chi connectivity index (χ4n) is 5.10. The lowest BCUT2D eigenvalue weighted by atomic mass is 9.78. The van der Waals surface area contributed by atoms with E-state index in [0.717, 1.165) is 50.9 Å². The molecule has 1 aromatic heterocycles. The van der Waals surface area contributed by atoms with Gasteiger partial charge >= 0.3 is 6.18 Å². The molecular formula is C20H25ClF3N3O. The Bertz CT molecular complexity index is 751. The maximum atomic E-state index is 13.3. The van der Waals surface area contributed by atoms with E-state index in [4.69, 9.17) is 11.6 Å². The van der Waals surface area contributed by atoms with Gasteiger partial charge in [0.1, 0.15) is 5.82 Å². The van der Waals surface area contributed by atoms with Gasteiger partial charge in [0.25, 0.3) is 0 Å². The minimum Gasteiger partial charge on any atom is -0.354 e. The highest BCUT2D eigenvalue weighted by molar-refractivity contribution is 6.33. The third-order valence-corrected chi connectivity index (χ3v) is 6.86. The fourth-order valence-corrected chi connectivity index (χ4v) is 5.38. The Kier molecular flexibility index (Phi) is 5.23. The van der Waals surface area contributed by atoms with Crippen molar-refractivity contribution < 1.29 is 18.0 Å². The van der Waals surface area contributed by atoms with Crippen molar-refractivity contribution in [3.05, 3.63) is 22.8 Å². The first-order valence-electron chi connectivity index (χ1n) is 10.1. The van der Waals surface area contributed by atoms with E-state index >= 15 is 0 Å². The Labute approximate surface area is 168 Å². The van der Waals surface area contributed by atoms with Crippen molar-refractivity contribution in [2.24, 2.45) is 5.41 Å². The molecule has 2 saturated heterocycles. The van der Waals surface area contributed by atoms with Gasteiger partial charge in [-0.1, -0.05) is 30.9 Å². The van der Waals surface area contributed by atoms with Crippen LogP contribution >= 0.6 is 11.6 Å². The molecule has 1 unspecified atom stereocenters. The fraction of sp³-hybridized carbons (Fsp3) is 0.700. The van der Waals surface area contributed by atoms with E-state index in [-0.39, 0.29) is 10.9 Å². The van der Waals surface area contributed by atoms with Gasteiger partial charge in [0.15, 0.2) is 0 Å². The predicted octanol–water partition coefficient (Wildman–Crippen LogP) is 4.91. The first kappa shape index (κ1) is 19.8. The van der Waals surface area contributed by atoms with Crippen LogP contribution in [0.15, 0.2) is 12.3 Å². The lowest BCUT2D eigenvalue weighted by Gasteiger charge is -2.41. The molecule has 0 radical (unpaired) electrons. The number of hydrogen-bond donors (Lipinski definition) is 0. The van der Waals surface area contributed by atoms with Gasteiger partial charge in [-0.2, -0.15) is 13.2 Å². The number of aromatic nitrogens is 1. The van der Waals surface area contributed by atoms with Crippen LogP contribution in [0.1, 0.15) is 56.9 Å². The van der Waals surface area contributed by atoms with Gasteiger partial charge in [0.2, 0.25) is 5.91 Å². The molecule has 0 bridgehead atoms. The summed E-state index contributed by atoms with van der Waals surface area (Å²) in [5.74, 6) is 0.560. The largest absolute Gasteiger partial charge is 0.417 e. The molecule has 3 aliphatic rings. The van der Waals surface area contributed by atoms with Gasteiger partial charge < -0.3 is 9.80 Å². The second-order valence-electron chi connectivity index (χ2n) is 8.37. The highest BCUT2D eigenvalue weighted by Crippen LogP contribution is 2.44. The summed E-state index contributed by atoms with van der Waals surface area (Å²) in [6, 6.07) is 1.28. The van der Waals surface area contributed by atoms with Gasteiger partial charge in [0.05, 0.1) is 16.0 Å². The maximum absolute atomic E-state index is 13.3. The van der Waals surface area contributed by atoms with E-state index in [9.17, 15) is 18.0 Å². The van der Waals surface area contributed by atoms with Crippen LogP contribution in [0.2, 0.25) is 5.02 Å². The summed E-state index contributed by atoms with van der Waals surface area (Å²) in [6.07, 6.45) is 4.56. The quantitative estimate of drug-likeness (QED) is 0.689. The van der Waals surface area contributed by atoms with Gasteiger partial charge in [-0.3, -0.25) is 4.79 Å². The Hall–Kier alpha value is -1.50. The van der Waals surface area contributed by atoms with Crippen molar-refractivity contribution in [1.29, 1.82) is 0 Å². The first-order valence-corrected chi connectivity index (χ1v) is 10.5. The van der Waals surface area contributed by atoms with Crippen molar-refractivity contribution in [2.75, 3.05) is 24.5 Å². The normalized spacial score (nSPS) is 27.1. The molecule has 1 saturated carbocycles. The second kappa shape index (κ2) is 7.39. The molecule has 0 aromatic carbocycles. The molecule has 3 heterocycles. The molecule has 2 aliphatic heterocycles. The number of pyridine rings is 1. The van der Waals surface area contributed by atoms with E-state index in [2.05, 4.69) is 9.88 Å². The molecule has 1 aliphatic carbocycles. The van der Waals surface area contributed by atoms with Crippen LogP contribution < -0.4 is 4.90 Å². The lowest BCUT2D eigenvalue weighted by molar-refractivity contribution is -0.139. The maximum Gasteiger partial charge on any atom is 0.417 e. The smallest absolute Gasteiger partial charge is 0.354 e. The highest BCUT2D eigenvalue weighted by atomic mass is 35.5. The number of likely N-dealkylation sites (tertiary alicyclic amines) is 1. The Morgan fingerprint density at radius 2 is 1.86 bits per heavy atom. The summed E-state index contributed by atoms with van der Waals surface area (Å²) in [5, 5.41) is -0.0125. The molecule has 28 heavy (non-hydrogen) atoms. The second-order valence-corrected chi connectivity index (χ2v) is 8.78. The number of nitrogens with zero attached hydrogens (tertiary/aromatic N) is 3.